The Kier molecular flexibility index (Phi) is 5.53. The fourth-order valence-electron chi connectivity index (χ4n) is 2.84. The highest BCUT2D eigenvalue weighted by Crippen LogP contribution is 2.24. The number of likely N-dealkylation sites (tertiary alicyclic amines) is 1. The maximum Gasteiger partial charge on any atom is 0.328 e. The van der Waals surface area contributed by atoms with Crippen molar-refractivity contribution in [2.24, 2.45) is 0 Å². The van der Waals surface area contributed by atoms with Crippen molar-refractivity contribution in [2.75, 3.05) is 18.4 Å². The predicted molar refractivity (Wildman–Crippen MR) is 100 cm³/mol. The normalized spacial score (nSPS) is 16.8. The number of aromatic nitrogens is 1. The number of pyridine rings is 1. The van der Waals surface area contributed by atoms with Gasteiger partial charge in [0.2, 0.25) is 0 Å². The van der Waals surface area contributed by atoms with E-state index in [-0.39, 0.29) is 11.9 Å². The molecule has 2 heterocycles. The van der Waals surface area contributed by atoms with Crippen molar-refractivity contribution < 1.29 is 14.7 Å². The third-order valence-electron chi connectivity index (χ3n) is 4.12. The summed E-state index contributed by atoms with van der Waals surface area (Å²) in [5, 5.41) is 12.3. The smallest absolute Gasteiger partial charge is 0.328 e. The third kappa shape index (κ3) is 4.40. The molecule has 2 N–H and O–H groups in total. The summed E-state index contributed by atoms with van der Waals surface area (Å²) in [6, 6.07) is 10.9. The van der Waals surface area contributed by atoms with Crippen LogP contribution in [0, 0.1) is 0 Å². The average molecular weight is 372 g/mol. The summed E-state index contributed by atoms with van der Waals surface area (Å²) in [5.74, 6) is -0.487. The van der Waals surface area contributed by atoms with E-state index in [0.717, 1.165) is 12.5 Å². The molecular formula is C19H18ClN3O3. The minimum atomic E-state index is -1.03. The van der Waals surface area contributed by atoms with Crippen molar-refractivity contribution in [1.82, 2.24) is 9.88 Å². The number of carbonyl (C=O) groups is 2. The van der Waals surface area contributed by atoms with Crippen LogP contribution in [-0.2, 0) is 4.79 Å². The molecule has 1 aromatic carbocycles. The van der Waals surface area contributed by atoms with Crippen LogP contribution < -0.4 is 5.32 Å². The predicted octanol–water partition coefficient (Wildman–Crippen LogP) is 3.16. The summed E-state index contributed by atoms with van der Waals surface area (Å²) < 4.78 is 0. The fourth-order valence-corrected chi connectivity index (χ4v) is 3.07. The summed E-state index contributed by atoms with van der Waals surface area (Å²) in [6.07, 6.45) is 4.82. The molecule has 1 saturated heterocycles. The number of halogens is 1. The lowest BCUT2D eigenvalue weighted by Crippen LogP contribution is -2.31. The molecule has 0 radical (unpaired) electrons. The van der Waals surface area contributed by atoms with Gasteiger partial charge in [0.25, 0.3) is 5.91 Å². The Bertz CT molecular complexity index is 839. The molecule has 1 fully saturated rings. The second-order valence-corrected chi connectivity index (χ2v) is 6.42. The van der Waals surface area contributed by atoms with Crippen LogP contribution in [0.15, 0.2) is 48.7 Å². The molecule has 1 aromatic heterocycles. The number of hydrogen-bond acceptors (Lipinski definition) is 4. The Balaban J connectivity index is 1.62. The van der Waals surface area contributed by atoms with Gasteiger partial charge in [0.1, 0.15) is 5.82 Å². The molecule has 1 aliphatic heterocycles. The van der Waals surface area contributed by atoms with Gasteiger partial charge in [0, 0.05) is 37.0 Å². The van der Waals surface area contributed by atoms with Gasteiger partial charge in [-0.25, -0.2) is 9.78 Å². The molecule has 7 heteroatoms. The number of carboxylic acid groups (broad SMARTS) is 1. The van der Waals surface area contributed by atoms with Crippen molar-refractivity contribution in [3.8, 4) is 0 Å². The molecule has 1 amide bonds. The van der Waals surface area contributed by atoms with Gasteiger partial charge in [-0.3, -0.25) is 4.79 Å². The number of carboxylic acids is 1. The van der Waals surface area contributed by atoms with Crippen LogP contribution in [0.25, 0.3) is 6.08 Å². The quantitative estimate of drug-likeness (QED) is 0.789. The molecule has 1 aliphatic rings. The molecule has 134 valence electrons. The number of benzene rings is 1. The first-order chi connectivity index (χ1) is 12.5. The van der Waals surface area contributed by atoms with Crippen molar-refractivity contribution in [3.63, 3.8) is 0 Å². The first-order valence-electron chi connectivity index (χ1n) is 8.20. The zero-order chi connectivity index (χ0) is 18.5. The lowest BCUT2D eigenvalue weighted by Gasteiger charge is -2.18. The Morgan fingerprint density at radius 2 is 2.08 bits per heavy atom. The topological polar surface area (TPSA) is 82.5 Å². The minimum absolute atomic E-state index is 0.0168. The maximum absolute atomic E-state index is 12.5. The minimum Gasteiger partial charge on any atom is -0.478 e. The number of carbonyl (C=O) groups excluding carboxylic acids is 1. The van der Waals surface area contributed by atoms with Gasteiger partial charge >= 0.3 is 5.97 Å². The molecule has 26 heavy (non-hydrogen) atoms. The zero-order valence-electron chi connectivity index (χ0n) is 13.9. The average Bonchev–Trinajstić information content (AvgIpc) is 3.10. The van der Waals surface area contributed by atoms with E-state index in [0.29, 0.717) is 35.1 Å². The van der Waals surface area contributed by atoms with E-state index in [1.807, 2.05) is 35.2 Å². The molecule has 3 rings (SSSR count). The van der Waals surface area contributed by atoms with Crippen LogP contribution in [0.3, 0.4) is 0 Å². The summed E-state index contributed by atoms with van der Waals surface area (Å²) in [5.41, 5.74) is 1.29. The maximum atomic E-state index is 12.5. The molecule has 6 nitrogen and oxygen atoms in total. The van der Waals surface area contributed by atoms with Crippen molar-refractivity contribution in [1.29, 1.82) is 0 Å². The van der Waals surface area contributed by atoms with E-state index >= 15 is 0 Å². The second kappa shape index (κ2) is 8.01. The standard InChI is InChI=1S/C19H18ClN3O3/c20-16-10-13(6-7-17(24)25)11-21-18(16)22-15-8-9-23(12-15)19(26)14-4-2-1-3-5-14/h1-7,10-11,15H,8-9,12H2,(H,21,22)(H,24,25)/t15-/m1/s1. The number of aliphatic carboxylic acids is 1. The molecule has 0 saturated carbocycles. The van der Waals surface area contributed by atoms with E-state index < -0.39 is 5.97 Å². The highest BCUT2D eigenvalue weighted by atomic mass is 35.5. The van der Waals surface area contributed by atoms with Gasteiger partial charge < -0.3 is 15.3 Å². The van der Waals surface area contributed by atoms with Gasteiger partial charge in [-0.1, -0.05) is 29.8 Å². The Morgan fingerprint density at radius 3 is 2.77 bits per heavy atom. The van der Waals surface area contributed by atoms with Gasteiger partial charge in [-0.05, 0) is 36.3 Å². The van der Waals surface area contributed by atoms with Gasteiger partial charge in [0.05, 0.1) is 5.02 Å². The molecule has 0 spiro atoms. The number of hydrogen-bond donors (Lipinski definition) is 2. The van der Waals surface area contributed by atoms with Crippen LogP contribution >= 0.6 is 11.6 Å². The first kappa shape index (κ1) is 17.9. The van der Waals surface area contributed by atoms with Crippen LogP contribution in [0.1, 0.15) is 22.3 Å². The highest BCUT2D eigenvalue weighted by molar-refractivity contribution is 6.33. The SMILES string of the molecule is O=C(O)C=Cc1cnc(N[C@@H]2CCN(C(=O)c3ccccc3)C2)c(Cl)c1. The fraction of sp³-hybridized carbons (Fsp3) is 0.211. The summed E-state index contributed by atoms with van der Waals surface area (Å²) >= 11 is 6.23. The van der Waals surface area contributed by atoms with Gasteiger partial charge in [-0.2, -0.15) is 0 Å². The van der Waals surface area contributed by atoms with Gasteiger partial charge in [-0.15, -0.1) is 0 Å². The number of rotatable bonds is 5. The molecule has 0 unspecified atom stereocenters. The molecule has 2 aromatic rings. The van der Waals surface area contributed by atoms with E-state index in [9.17, 15) is 9.59 Å². The lowest BCUT2D eigenvalue weighted by molar-refractivity contribution is -0.131. The summed E-state index contributed by atoms with van der Waals surface area (Å²) in [6.45, 7) is 1.24. The molecule has 1 atom stereocenters. The van der Waals surface area contributed by atoms with E-state index in [2.05, 4.69) is 10.3 Å². The Hall–Kier alpha value is -2.86. The third-order valence-corrected chi connectivity index (χ3v) is 4.41. The lowest BCUT2D eigenvalue weighted by atomic mass is 10.2. The second-order valence-electron chi connectivity index (χ2n) is 6.02. The van der Waals surface area contributed by atoms with E-state index in [1.165, 1.54) is 6.08 Å². The van der Waals surface area contributed by atoms with Crippen molar-refractivity contribution in [3.05, 3.63) is 64.8 Å². The molecule has 0 aliphatic carbocycles. The van der Waals surface area contributed by atoms with Crippen LogP contribution in [0.2, 0.25) is 5.02 Å². The van der Waals surface area contributed by atoms with Crippen LogP contribution in [0.4, 0.5) is 5.82 Å². The summed E-state index contributed by atoms with van der Waals surface area (Å²) in [4.78, 5) is 29.1. The highest BCUT2D eigenvalue weighted by Gasteiger charge is 2.27. The molecule has 0 bridgehead atoms. The van der Waals surface area contributed by atoms with E-state index in [4.69, 9.17) is 16.7 Å². The Labute approximate surface area is 156 Å². The Morgan fingerprint density at radius 1 is 1.31 bits per heavy atom. The van der Waals surface area contributed by atoms with E-state index in [1.54, 1.807) is 12.3 Å². The monoisotopic (exact) mass is 371 g/mol. The van der Waals surface area contributed by atoms with Crippen LogP contribution in [0.5, 0.6) is 0 Å². The summed E-state index contributed by atoms with van der Waals surface area (Å²) in [7, 11) is 0. The number of amides is 1. The zero-order valence-corrected chi connectivity index (χ0v) is 14.7. The molecular weight excluding hydrogens is 354 g/mol. The van der Waals surface area contributed by atoms with Crippen molar-refractivity contribution >= 4 is 35.4 Å². The largest absolute Gasteiger partial charge is 0.478 e. The number of nitrogens with one attached hydrogen (secondary N) is 1. The first-order valence-corrected chi connectivity index (χ1v) is 8.58. The number of anilines is 1. The van der Waals surface area contributed by atoms with Gasteiger partial charge in [0.15, 0.2) is 0 Å². The van der Waals surface area contributed by atoms with Crippen LogP contribution in [-0.4, -0.2) is 46.0 Å². The van der Waals surface area contributed by atoms with Crippen molar-refractivity contribution in [2.45, 2.75) is 12.5 Å². The number of nitrogens with zero attached hydrogens (tertiary/aromatic N) is 2.